The molecule has 0 aliphatic carbocycles. The second kappa shape index (κ2) is 19.4. The quantitative estimate of drug-likeness (QED) is 0.353. The molecule has 0 bridgehead atoms. The predicted molar refractivity (Wildman–Crippen MR) is 19.9 cm³/mol. The van der Waals surface area contributed by atoms with Gasteiger partial charge in [-0.05, 0) is 0 Å². The van der Waals surface area contributed by atoms with Crippen molar-refractivity contribution in [2.45, 2.75) is 0 Å². The van der Waals surface area contributed by atoms with Gasteiger partial charge in [0.15, 0.2) is 34.7 Å². The summed E-state index contributed by atoms with van der Waals surface area (Å²) in [5.74, 6) is 0. The first kappa shape index (κ1) is 35.7. The normalized spacial score (nSPS) is 0. The van der Waals surface area contributed by atoms with Crippen LogP contribution in [0.25, 0.3) is 0 Å². The molecule has 4 heteroatoms. The summed E-state index contributed by atoms with van der Waals surface area (Å²) >= 11 is 0. The van der Waals surface area contributed by atoms with E-state index in [1.165, 1.54) is 0 Å². The van der Waals surface area contributed by atoms with Gasteiger partial charge in [-0.1, -0.05) is 0 Å². The van der Waals surface area contributed by atoms with Crippen molar-refractivity contribution in [1.29, 1.82) is 0 Å². The standard InChI is InChI=1S/2Al.Cr.Mn.6H. The van der Waals surface area contributed by atoms with Gasteiger partial charge < -0.3 is 0 Å². The molecule has 0 aromatic heterocycles. The summed E-state index contributed by atoms with van der Waals surface area (Å²) < 4.78 is 0. The van der Waals surface area contributed by atoms with Crippen molar-refractivity contribution in [3.63, 3.8) is 0 Å². The van der Waals surface area contributed by atoms with Gasteiger partial charge >= 0.3 is 0 Å². The monoisotopic (exact) mass is 167 g/mol. The maximum atomic E-state index is 0. The molecule has 0 aliphatic heterocycles. The molecule has 0 fully saturated rings. The molecular formula is H6Al2CrMn. The molecule has 0 atom stereocenters. The Morgan fingerprint density at radius 1 is 0.750 bits per heavy atom. The molecule has 0 saturated carbocycles. The summed E-state index contributed by atoms with van der Waals surface area (Å²) in [6, 6.07) is 0. The van der Waals surface area contributed by atoms with Crippen LogP contribution in [-0.4, -0.2) is 34.7 Å². The van der Waals surface area contributed by atoms with Crippen molar-refractivity contribution in [2.24, 2.45) is 0 Å². The Balaban J connectivity index is 0. The fraction of sp³-hybridized carbons (Fsp3) is 0. The van der Waals surface area contributed by atoms with E-state index in [0.717, 1.165) is 0 Å². The van der Waals surface area contributed by atoms with Gasteiger partial charge in [-0.25, -0.2) is 0 Å². The summed E-state index contributed by atoms with van der Waals surface area (Å²) in [4.78, 5) is 0. The minimum atomic E-state index is 0. The van der Waals surface area contributed by atoms with E-state index in [-0.39, 0.29) is 69.2 Å². The van der Waals surface area contributed by atoms with E-state index in [4.69, 9.17) is 0 Å². The van der Waals surface area contributed by atoms with Crippen molar-refractivity contribution in [2.75, 3.05) is 0 Å². The van der Waals surface area contributed by atoms with Crippen LogP contribution in [0.4, 0.5) is 0 Å². The van der Waals surface area contributed by atoms with E-state index >= 15 is 0 Å². The van der Waals surface area contributed by atoms with Crippen molar-refractivity contribution in [3.8, 4) is 0 Å². The second-order valence-electron chi connectivity index (χ2n) is 0. The van der Waals surface area contributed by atoms with Gasteiger partial charge in [0.1, 0.15) is 0 Å². The Labute approximate surface area is 68.6 Å². The summed E-state index contributed by atoms with van der Waals surface area (Å²) in [6.45, 7) is 0. The van der Waals surface area contributed by atoms with Gasteiger partial charge in [-0.3, -0.25) is 0 Å². The maximum Gasteiger partial charge on any atom is 0.187 e. The molecule has 25 valence electrons. The molecule has 0 N–H and O–H groups in total. The average Bonchev–Trinajstić information content (AvgIpc) is 0. The molecule has 0 spiro atoms. The van der Waals surface area contributed by atoms with Crippen molar-refractivity contribution >= 4 is 34.7 Å². The first-order valence-corrected chi connectivity index (χ1v) is 0. The Bertz CT molecular complexity index is 6.00. The number of hydrogen-bond acceptors (Lipinski definition) is 0. The van der Waals surface area contributed by atoms with Crippen LogP contribution in [0.2, 0.25) is 0 Å². The van der Waals surface area contributed by atoms with Crippen LogP contribution in [0.5, 0.6) is 0 Å². The van der Waals surface area contributed by atoms with Crippen LogP contribution in [-0.2, 0) is 34.4 Å². The first-order valence-electron chi connectivity index (χ1n) is 0. The topological polar surface area (TPSA) is 0 Å². The van der Waals surface area contributed by atoms with E-state index in [9.17, 15) is 0 Å². The van der Waals surface area contributed by atoms with Crippen LogP contribution < -0.4 is 0 Å². The molecule has 0 rings (SSSR count). The van der Waals surface area contributed by atoms with Crippen LogP contribution >= 0.6 is 0 Å². The van der Waals surface area contributed by atoms with Gasteiger partial charge in [-0.2, -0.15) is 0 Å². The smallest absolute Gasteiger partial charge is 0 e. The second-order valence-corrected chi connectivity index (χ2v) is 0. The zero-order valence-corrected chi connectivity index (χ0v) is 3.24. The Kier molecular flexibility index (Phi) is 173. The summed E-state index contributed by atoms with van der Waals surface area (Å²) in [6.07, 6.45) is 0. The van der Waals surface area contributed by atoms with E-state index < -0.39 is 0 Å². The largest absolute Gasteiger partial charge is 0.187 e. The number of hydrogen-bond donors (Lipinski definition) is 0. The molecular weight excluding hydrogens is 161 g/mol. The third kappa shape index (κ3) is 8.93. The van der Waals surface area contributed by atoms with E-state index in [0.29, 0.717) is 0 Å². The molecule has 0 nitrogen and oxygen atoms in total. The minimum Gasteiger partial charge on any atom is 0 e. The molecule has 0 unspecified atom stereocenters. The van der Waals surface area contributed by atoms with E-state index in [1.807, 2.05) is 0 Å². The minimum absolute atomic E-state index is 0. The fourth-order valence-corrected chi connectivity index (χ4v) is 0. The van der Waals surface area contributed by atoms with Gasteiger partial charge in [-0.15, -0.1) is 0 Å². The average molecular weight is 167 g/mol. The van der Waals surface area contributed by atoms with Gasteiger partial charge in [0.25, 0.3) is 0 Å². The molecule has 0 saturated heterocycles. The van der Waals surface area contributed by atoms with Gasteiger partial charge in [0.05, 0.1) is 0 Å². The van der Waals surface area contributed by atoms with Crippen LogP contribution in [0.15, 0.2) is 0 Å². The molecule has 0 aromatic rings. The van der Waals surface area contributed by atoms with Crippen LogP contribution in [0.1, 0.15) is 0 Å². The SMILES string of the molecule is [AlH3].[AlH3].[Cr].[Mn]. The van der Waals surface area contributed by atoms with Crippen LogP contribution in [0.3, 0.4) is 0 Å². The zero-order valence-electron chi connectivity index (χ0n) is 0.786. The third-order valence-corrected chi connectivity index (χ3v) is 0. The fourth-order valence-electron chi connectivity index (χ4n) is 0. The summed E-state index contributed by atoms with van der Waals surface area (Å²) in [5, 5.41) is 0. The maximum absolute atomic E-state index is 0. The molecule has 1 radical (unpaired) electrons. The molecule has 4 heavy (non-hydrogen) atoms. The molecule has 0 heterocycles. The first-order chi connectivity index (χ1) is 0. The molecule has 0 aliphatic rings. The van der Waals surface area contributed by atoms with Gasteiger partial charge in [0, 0.05) is 34.4 Å². The zero-order chi connectivity index (χ0) is 0. The third-order valence-electron chi connectivity index (χ3n) is 0. The number of rotatable bonds is 0. The Morgan fingerprint density at radius 2 is 0.750 bits per heavy atom. The van der Waals surface area contributed by atoms with E-state index in [1.54, 1.807) is 0 Å². The van der Waals surface area contributed by atoms with Crippen molar-refractivity contribution < 1.29 is 34.4 Å². The molecule has 0 aromatic carbocycles. The summed E-state index contributed by atoms with van der Waals surface area (Å²) in [5.41, 5.74) is 0. The molecule has 0 amide bonds. The van der Waals surface area contributed by atoms with Crippen LogP contribution in [0, 0.1) is 0 Å². The van der Waals surface area contributed by atoms with Gasteiger partial charge in [0.2, 0.25) is 0 Å². The Morgan fingerprint density at radius 3 is 0.750 bits per heavy atom. The Hall–Kier alpha value is 2.12. The van der Waals surface area contributed by atoms with Crippen molar-refractivity contribution in [3.05, 3.63) is 0 Å². The van der Waals surface area contributed by atoms with Crippen molar-refractivity contribution in [1.82, 2.24) is 0 Å². The summed E-state index contributed by atoms with van der Waals surface area (Å²) in [7, 11) is 0. The predicted octanol–water partition coefficient (Wildman–Crippen LogP) is -2.37. The van der Waals surface area contributed by atoms with E-state index in [2.05, 4.69) is 0 Å².